The summed E-state index contributed by atoms with van der Waals surface area (Å²) in [6.45, 7) is 0.170. The summed E-state index contributed by atoms with van der Waals surface area (Å²) in [5.41, 5.74) is -0.326. The van der Waals surface area contributed by atoms with Crippen molar-refractivity contribution in [2.24, 2.45) is 0 Å². The number of fused-ring (bicyclic) bond motifs is 1. The van der Waals surface area contributed by atoms with Crippen LogP contribution in [0.2, 0.25) is 0 Å². The minimum absolute atomic E-state index is 0.0598. The normalized spacial score (nSPS) is 17.2. The van der Waals surface area contributed by atoms with Crippen molar-refractivity contribution >= 4 is 17.4 Å². The van der Waals surface area contributed by atoms with Crippen molar-refractivity contribution in [3.8, 4) is 17.2 Å². The lowest BCUT2D eigenvalue weighted by atomic mass is 9.88. The van der Waals surface area contributed by atoms with Crippen LogP contribution in [0.4, 0.5) is 5.69 Å². The molecule has 0 aliphatic carbocycles. The van der Waals surface area contributed by atoms with Crippen molar-refractivity contribution in [3.05, 3.63) is 83.4 Å². The monoisotopic (exact) mass is 433 g/mol. The molecule has 0 spiro atoms. The Balaban J connectivity index is 1.68. The molecule has 0 fully saturated rings. The third-order valence-corrected chi connectivity index (χ3v) is 5.65. The molecule has 7 nitrogen and oxygen atoms in total. The first-order valence-electron chi connectivity index (χ1n) is 10.0. The number of nitrogens with zero attached hydrogens (tertiary/aromatic N) is 1. The number of methoxy groups -OCH3 is 2. The van der Waals surface area contributed by atoms with Crippen molar-refractivity contribution in [2.75, 3.05) is 19.1 Å². The number of aliphatic hydroxyl groups is 1. The van der Waals surface area contributed by atoms with Gasteiger partial charge in [-0.1, -0.05) is 36.4 Å². The van der Waals surface area contributed by atoms with Gasteiger partial charge in [0.15, 0.2) is 22.9 Å². The number of carbonyl (C=O) groups is 2. The van der Waals surface area contributed by atoms with Crippen LogP contribution in [0.5, 0.6) is 17.2 Å². The topological polar surface area (TPSA) is 96.3 Å². The molecule has 1 aliphatic heterocycles. The maximum atomic E-state index is 13.4. The Bertz CT molecular complexity index is 1190. The number of hydrogen-bond acceptors (Lipinski definition) is 6. The van der Waals surface area contributed by atoms with E-state index in [4.69, 9.17) is 9.47 Å². The number of phenols is 1. The average Bonchev–Trinajstić information content (AvgIpc) is 3.01. The van der Waals surface area contributed by atoms with Crippen LogP contribution >= 0.6 is 0 Å². The molecule has 32 heavy (non-hydrogen) atoms. The molecule has 0 saturated heterocycles. The standard InChI is InChI=1S/C25H23NO6/c1-31-22-12-11-16(13-23(22)32-2)15-26-19-9-5-4-8-18(19)25(30,24(26)29)14-21(28)17-7-3-6-10-20(17)27/h3-13,27,30H,14-15H2,1-2H3/t25-/m1/s1. The van der Waals surface area contributed by atoms with Gasteiger partial charge in [-0.25, -0.2) is 0 Å². The van der Waals surface area contributed by atoms with Crippen LogP contribution in [0.3, 0.4) is 0 Å². The largest absolute Gasteiger partial charge is 0.507 e. The average molecular weight is 433 g/mol. The van der Waals surface area contributed by atoms with Crippen molar-refractivity contribution in [2.45, 2.75) is 18.6 Å². The first-order chi connectivity index (χ1) is 15.4. The number of ketones is 1. The van der Waals surface area contributed by atoms with Crippen LogP contribution in [-0.4, -0.2) is 36.1 Å². The second kappa shape index (κ2) is 8.36. The predicted molar refractivity (Wildman–Crippen MR) is 118 cm³/mol. The number of aromatic hydroxyl groups is 1. The molecule has 1 amide bonds. The zero-order valence-electron chi connectivity index (χ0n) is 17.7. The first-order valence-corrected chi connectivity index (χ1v) is 10.0. The predicted octanol–water partition coefficient (Wildman–Crippen LogP) is 3.42. The lowest BCUT2D eigenvalue weighted by molar-refractivity contribution is -0.136. The highest BCUT2D eigenvalue weighted by molar-refractivity contribution is 6.11. The summed E-state index contributed by atoms with van der Waals surface area (Å²) in [5.74, 6) is -0.231. The van der Waals surface area contributed by atoms with Crippen LogP contribution in [0.15, 0.2) is 66.7 Å². The highest BCUT2D eigenvalue weighted by Crippen LogP contribution is 2.44. The quantitative estimate of drug-likeness (QED) is 0.555. The van der Waals surface area contributed by atoms with E-state index in [1.54, 1.807) is 55.6 Å². The molecule has 0 aromatic heterocycles. The van der Waals surface area contributed by atoms with Crippen LogP contribution < -0.4 is 14.4 Å². The van der Waals surface area contributed by atoms with Gasteiger partial charge < -0.3 is 24.6 Å². The van der Waals surface area contributed by atoms with Gasteiger partial charge in [0.1, 0.15) is 5.75 Å². The van der Waals surface area contributed by atoms with Gasteiger partial charge >= 0.3 is 0 Å². The number of carbonyl (C=O) groups excluding carboxylic acids is 2. The number of para-hydroxylation sites is 2. The van der Waals surface area contributed by atoms with Crippen LogP contribution in [0.1, 0.15) is 27.9 Å². The van der Waals surface area contributed by atoms with E-state index in [-0.39, 0.29) is 17.9 Å². The summed E-state index contributed by atoms with van der Waals surface area (Å²) in [6.07, 6.45) is -0.483. The zero-order chi connectivity index (χ0) is 22.9. The SMILES string of the molecule is COc1ccc(CN2C(=O)[C@@](O)(CC(=O)c3ccccc3O)c3ccccc32)cc1OC. The maximum absolute atomic E-state index is 13.4. The Labute approximate surface area is 185 Å². The van der Waals surface area contributed by atoms with Gasteiger partial charge in [0.2, 0.25) is 0 Å². The lowest BCUT2D eigenvalue weighted by Crippen LogP contribution is -2.41. The van der Waals surface area contributed by atoms with Gasteiger partial charge in [-0.05, 0) is 35.9 Å². The van der Waals surface area contributed by atoms with Crippen LogP contribution in [-0.2, 0) is 16.9 Å². The molecule has 0 radical (unpaired) electrons. The molecule has 0 unspecified atom stereocenters. The lowest BCUT2D eigenvalue weighted by Gasteiger charge is -2.23. The zero-order valence-corrected chi connectivity index (χ0v) is 17.7. The van der Waals surface area contributed by atoms with Crippen LogP contribution in [0.25, 0.3) is 0 Å². The van der Waals surface area contributed by atoms with E-state index in [1.165, 1.54) is 24.1 Å². The molecule has 0 bridgehead atoms. The van der Waals surface area contributed by atoms with E-state index in [9.17, 15) is 19.8 Å². The molecule has 2 N–H and O–H groups in total. The molecule has 164 valence electrons. The fourth-order valence-electron chi connectivity index (χ4n) is 4.03. The van der Waals surface area contributed by atoms with Crippen LogP contribution in [0, 0.1) is 0 Å². The van der Waals surface area contributed by atoms with E-state index in [0.717, 1.165) is 5.56 Å². The van der Waals surface area contributed by atoms with E-state index < -0.39 is 23.7 Å². The Kier molecular flexibility index (Phi) is 5.59. The number of Topliss-reactive ketones (excluding diaryl/α,β-unsaturated/α-hetero) is 1. The fourth-order valence-corrected chi connectivity index (χ4v) is 4.03. The number of hydrogen-bond donors (Lipinski definition) is 2. The van der Waals surface area contributed by atoms with Gasteiger partial charge in [-0.15, -0.1) is 0 Å². The van der Waals surface area contributed by atoms with E-state index in [1.807, 2.05) is 6.07 Å². The molecular formula is C25H23NO6. The minimum atomic E-state index is -2.04. The highest BCUT2D eigenvalue weighted by Gasteiger charge is 2.50. The Morgan fingerprint density at radius 2 is 1.66 bits per heavy atom. The molecule has 3 aromatic carbocycles. The molecule has 0 saturated carbocycles. The van der Waals surface area contributed by atoms with Gasteiger partial charge in [-0.2, -0.15) is 0 Å². The molecule has 1 heterocycles. The first kappa shape index (κ1) is 21.4. The van der Waals surface area contributed by atoms with Gasteiger partial charge in [0.25, 0.3) is 5.91 Å². The molecule has 4 rings (SSSR count). The van der Waals surface area contributed by atoms with Gasteiger partial charge in [-0.3, -0.25) is 9.59 Å². The van der Waals surface area contributed by atoms with Crippen molar-refractivity contribution in [1.29, 1.82) is 0 Å². The molecule has 3 aromatic rings. The number of amides is 1. The number of benzene rings is 3. The number of anilines is 1. The number of ether oxygens (including phenoxy) is 2. The summed E-state index contributed by atoms with van der Waals surface area (Å²) >= 11 is 0. The highest BCUT2D eigenvalue weighted by atomic mass is 16.5. The molecule has 1 atom stereocenters. The third kappa shape index (κ3) is 3.56. The number of rotatable bonds is 7. The third-order valence-electron chi connectivity index (χ3n) is 5.65. The summed E-state index contributed by atoms with van der Waals surface area (Å²) in [6, 6.07) is 18.2. The molecule has 7 heteroatoms. The van der Waals surface area contributed by atoms with Crippen molar-refractivity contribution < 1.29 is 29.3 Å². The summed E-state index contributed by atoms with van der Waals surface area (Å²) < 4.78 is 10.6. The summed E-state index contributed by atoms with van der Waals surface area (Å²) in [5, 5.41) is 21.4. The smallest absolute Gasteiger partial charge is 0.264 e. The van der Waals surface area contributed by atoms with Gasteiger partial charge in [0.05, 0.1) is 38.4 Å². The number of phenolic OH excluding ortho intramolecular Hbond substituents is 1. The Morgan fingerprint density at radius 1 is 0.969 bits per heavy atom. The Morgan fingerprint density at radius 3 is 2.38 bits per heavy atom. The molecule has 1 aliphatic rings. The second-order valence-electron chi connectivity index (χ2n) is 7.58. The van der Waals surface area contributed by atoms with E-state index in [2.05, 4.69) is 0 Å². The van der Waals surface area contributed by atoms with E-state index >= 15 is 0 Å². The molecular weight excluding hydrogens is 410 g/mol. The fraction of sp³-hybridized carbons (Fsp3) is 0.200. The van der Waals surface area contributed by atoms with Gasteiger partial charge in [0, 0.05) is 5.56 Å². The minimum Gasteiger partial charge on any atom is -0.507 e. The van der Waals surface area contributed by atoms with E-state index in [0.29, 0.717) is 22.7 Å². The van der Waals surface area contributed by atoms with Crippen molar-refractivity contribution in [1.82, 2.24) is 0 Å². The maximum Gasteiger partial charge on any atom is 0.264 e. The Hall–Kier alpha value is -3.84. The summed E-state index contributed by atoms with van der Waals surface area (Å²) in [4.78, 5) is 27.8. The van der Waals surface area contributed by atoms with Crippen molar-refractivity contribution in [3.63, 3.8) is 0 Å². The summed E-state index contributed by atoms with van der Waals surface area (Å²) in [7, 11) is 3.07. The second-order valence-corrected chi connectivity index (χ2v) is 7.58.